The van der Waals surface area contributed by atoms with Crippen LogP contribution in [0, 0.1) is 0 Å². The van der Waals surface area contributed by atoms with Crippen LogP contribution < -0.4 is 10.6 Å². The molecule has 0 saturated heterocycles. The minimum atomic E-state index is 0.714. The Labute approximate surface area is 91.3 Å². The molecule has 0 aromatic carbocycles. The summed E-state index contributed by atoms with van der Waals surface area (Å²) in [5.74, 6) is 1.05. The van der Waals surface area contributed by atoms with Crippen molar-refractivity contribution in [1.29, 1.82) is 0 Å². The summed E-state index contributed by atoms with van der Waals surface area (Å²) in [6, 6.07) is 4.54. The van der Waals surface area contributed by atoms with Crippen molar-refractivity contribution < 1.29 is 0 Å². The molecular formula is C12H19N3. The zero-order valence-electron chi connectivity index (χ0n) is 9.32. The SMILES string of the molecule is CCCCN(c1cc(N)ccn1)C1CC1. The predicted molar refractivity (Wildman–Crippen MR) is 63.9 cm³/mol. The van der Waals surface area contributed by atoms with Crippen molar-refractivity contribution in [3.05, 3.63) is 18.3 Å². The third-order valence-corrected chi connectivity index (χ3v) is 2.80. The Morgan fingerprint density at radius 2 is 2.33 bits per heavy atom. The van der Waals surface area contributed by atoms with E-state index in [1.165, 1.54) is 25.7 Å². The van der Waals surface area contributed by atoms with Crippen molar-refractivity contribution in [3.63, 3.8) is 0 Å². The molecule has 1 fully saturated rings. The Bertz CT molecular complexity index is 320. The van der Waals surface area contributed by atoms with Gasteiger partial charge in [0.25, 0.3) is 0 Å². The van der Waals surface area contributed by atoms with Gasteiger partial charge in [0.05, 0.1) is 0 Å². The van der Waals surface area contributed by atoms with Crippen molar-refractivity contribution in [2.45, 2.75) is 38.6 Å². The number of unbranched alkanes of at least 4 members (excludes halogenated alkanes) is 1. The molecular weight excluding hydrogens is 186 g/mol. The summed E-state index contributed by atoms with van der Waals surface area (Å²) in [5, 5.41) is 0. The monoisotopic (exact) mass is 205 g/mol. The van der Waals surface area contributed by atoms with E-state index in [2.05, 4.69) is 16.8 Å². The topological polar surface area (TPSA) is 42.1 Å². The number of pyridine rings is 1. The molecule has 0 unspecified atom stereocenters. The highest BCUT2D eigenvalue weighted by Gasteiger charge is 2.29. The number of hydrogen-bond acceptors (Lipinski definition) is 3. The van der Waals surface area contributed by atoms with Crippen LogP contribution in [-0.2, 0) is 0 Å². The second kappa shape index (κ2) is 4.51. The lowest BCUT2D eigenvalue weighted by molar-refractivity contribution is 0.705. The fraction of sp³-hybridized carbons (Fsp3) is 0.583. The lowest BCUT2D eigenvalue weighted by Crippen LogP contribution is -2.27. The molecule has 1 heterocycles. The molecule has 1 aliphatic rings. The Morgan fingerprint density at radius 1 is 1.53 bits per heavy atom. The molecule has 1 aliphatic carbocycles. The first-order valence-electron chi connectivity index (χ1n) is 5.79. The average molecular weight is 205 g/mol. The molecule has 3 nitrogen and oxygen atoms in total. The molecule has 82 valence electrons. The minimum Gasteiger partial charge on any atom is -0.399 e. The van der Waals surface area contributed by atoms with E-state index in [4.69, 9.17) is 5.73 Å². The molecule has 1 saturated carbocycles. The number of aromatic nitrogens is 1. The smallest absolute Gasteiger partial charge is 0.130 e. The molecule has 2 N–H and O–H groups in total. The summed E-state index contributed by atoms with van der Waals surface area (Å²) < 4.78 is 0. The summed E-state index contributed by atoms with van der Waals surface area (Å²) in [4.78, 5) is 6.80. The van der Waals surface area contributed by atoms with Gasteiger partial charge in [0.15, 0.2) is 0 Å². The number of nitrogens with zero attached hydrogens (tertiary/aromatic N) is 2. The normalized spacial score (nSPS) is 15.3. The number of nitrogen functional groups attached to an aromatic ring is 1. The summed E-state index contributed by atoms with van der Waals surface area (Å²) in [7, 11) is 0. The van der Waals surface area contributed by atoms with Gasteiger partial charge in [-0.2, -0.15) is 0 Å². The van der Waals surface area contributed by atoms with Crippen LogP contribution >= 0.6 is 0 Å². The summed E-state index contributed by atoms with van der Waals surface area (Å²) in [5.41, 5.74) is 6.59. The van der Waals surface area contributed by atoms with Crippen LogP contribution in [0.3, 0.4) is 0 Å². The molecule has 3 heteroatoms. The number of hydrogen-bond donors (Lipinski definition) is 1. The van der Waals surface area contributed by atoms with Crippen LogP contribution in [0.2, 0.25) is 0 Å². The standard InChI is InChI=1S/C12H19N3/c1-2-3-8-15(11-4-5-11)12-9-10(13)6-7-14-12/h6-7,9,11H,2-5,8H2,1H3,(H2,13,14). The Hall–Kier alpha value is -1.25. The van der Waals surface area contributed by atoms with Gasteiger partial charge < -0.3 is 10.6 Å². The van der Waals surface area contributed by atoms with Gasteiger partial charge in [0, 0.05) is 30.5 Å². The van der Waals surface area contributed by atoms with Gasteiger partial charge >= 0.3 is 0 Å². The molecule has 0 bridgehead atoms. The zero-order valence-corrected chi connectivity index (χ0v) is 9.32. The van der Waals surface area contributed by atoms with Crippen molar-refractivity contribution in [2.75, 3.05) is 17.2 Å². The van der Waals surface area contributed by atoms with E-state index < -0.39 is 0 Å². The maximum absolute atomic E-state index is 5.78. The van der Waals surface area contributed by atoms with Crippen LogP contribution in [0.15, 0.2) is 18.3 Å². The Balaban J connectivity index is 2.09. The maximum atomic E-state index is 5.78. The van der Waals surface area contributed by atoms with Gasteiger partial charge in [-0.3, -0.25) is 0 Å². The second-order valence-corrected chi connectivity index (χ2v) is 4.23. The van der Waals surface area contributed by atoms with Crippen molar-refractivity contribution in [3.8, 4) is 0 Å². The zero-order chi connectivity index (χ0) is 10.7. The van der Waals surface area contributed by atoms with Gasteiger partial charge in [-0.25, -0.2) is 4.98 Å². The Morgan fingerprint density at radius 3 is 2.93 bits per heavy atom. The molecule has 0 spiro atoms. The van der Waals surface area contributed by atoms with E-state index in [9.17, 15) is 0 Å². The van der Waals surface area contributed by atoms with Crippen LogP contribution in [0.1, 0.15) is 32.6 Å². The molecule has 0 amide bonds. The van der Waals surface area contributed by atoms with E-state index in [-0.39, 0.29) is 0 Å². The fourth-order valence-corrected chi connectivity index (χ4v) is 1.79. The molecule has 15 heavy (non-hydrogen) atoms. The third kappa shape index (κ3) is 2.61. The van der Waals surface area contributed by atoms with Crippen LogP contribution in [0.5, 0.6) is 0 Å². The fourth-order valence-electron chi connectivity index (χ4n) is 1.79. The van der Waals surface area contributed by atoms with Crippen LogP contribution in [-0.4, -0.2) is 17.6 Å². The first-order valence-corrected chi connectivity index (χ1v) is 5.79. The summed E-state index contributed by atoms with van der Waals surface area (Å²) in [6.07, 6.45) is 6.87. The largest absolute Gasteiger partial charge is 0.399 e. The minimum absolute atomic E-state index is 0.714. The van der Waals surface area contributed by atoms with Crippen LogP contribution in [0.4, 0.5) is 11.5 Å². The van der Waals surface area contributed by atoms with E-state index in [1.807, 2.05) is 12.1 Å². The number of nitrogens with two attached hydrogens (primary N) is 1. The number of anilines is 2. The molecule has 1 aromatic heterocycles. The molecule has 0 atom stereocenters. The predicted octanol–water partition coefficient (Wildman–Crippen LogP) is 2.43. The van der Waals surface area contributed by atoms with E-state index in [0.29, 0.717) is 6.04 Å². The molecule has 0 radical (unpaired) electrons. The summed E-state index contributed by atoms with van der Waals surface area (Å²) in [6.45, 7) is 3.33. The lowest BCUT2D eigenvalue weighted by atomic mass is 10.3. The first-order chi connectivity index (χ1) is 7.31. The van der Waals surface area contributed by atoms with E-state index >= 15 is 0 Å². The first kappa shape index (κ1) is 10.3. The Kier molecular flexibility index (Phi) is 3.09. The van der Waals surface area contributed by atoms with Crippen molar-refractivity contribution >= 4 is 11.5 Å². The number of rotatable bonds is 5. The average Bonchev–Trinajstić information content (AvgIpc) is 3.03. The quantitative estimate of drug-likeness (QED) is 0.802. The van der Waals surface area contributed by atoms with Gasteiger partial charge in [-0.1, -0.05) is 13.3 Å². The lowest BCUT2D eigenvalue weighted by Gasteiger charge is -2.23. The summed E-state index contributed by atoms with van der Waals surface area (Å²) >= 11 is 0. The van der Waals surface area contributed by atoms with Crippen molar-refractivity contribution in [2.24, 2.45) is 0 Å². The molecule has 1 aromatic rings. The maximum Gasteiger partial charge on any atom is 0.130 e. The van der Waals surface area contributed by atoms with Gasteiger partial charge in [0.2, 0.25) is 0 Å². The highest BCUT2D eigenvalue weighted by molar-refractivity contribution is 5.51. The van der Waals surface area contributed by atoms with Gasteiger partial charge in [-0.05, 0) is 25.3 Å². The molecule has 2 rings (SSSR count). The van der Waals surface area contributed by atoms with Gasteiger partial charge in [0.1, 0.15) is 5.82 Å². The second-order valence-electron chi connectivity index (χ2n) is 4.23. The van der Waals surface area contributed by atoms with E-state index in [0.717, 1.165) is 18.1 Å². The third-order valence-electron chi connectivity index (χ3n) is 2.80. The van der Waals surface area contributed by atoms with Gasteiger partial charge in [-0.15, -0.1) is 0 Å². The highest BCUT2D eigenvalue weighted by Crippen LogP contribution is 2.31. The van der Waals surface area contributed by atoms with E-state index in [1.54, 1.807) is 6.20 Å². The highest BCUT2D eigenvalue weighted by atomic mass is 15.2. The van der Waals surface area contributed by atoms with Crippen molar-refractivity contribution in [1.82, 2.24) is 4.98 Å². The van der Waals surface area contributed by atoms with Crippen LogP contribution in [0.25, 0.3) is 0 Å². The molecule has 0 aliphatic heterocycles.